The predicted octanol–water partition coefficient (Wildman–Crippen LogP) is 5.57. The molecule has 226 valence electrons. The number of fused-ring (bicyclic) bond motifs is 1. The maximum absolute atomic E-state index is 13.9. The van der Waals surface area contributed by atoms with E-state index in [0.717, 1.165) is 5.56 Å². The summed E-state index contributed by atoms with van der Waals surface area (Å²) in [6.45, 7) is 16.4. The highest BCUT2D eigenvalue weighted by molar-refractivity contribution is 5.87. The molecule has 2 N–H and O–H groups in total. The van der Waals surface area contributed by atoms with Gasteiger partial charge in [0.15, 0.2) is 5.75 Å². The molecule has 42 heavy (non-hydrogen) atoms. The number of ether oxygens (including phenoxy) is 3. The molecule has 2 amide bonds. The second-order valence-corrected chi connectivity index (χ2v) is 12.6. The Labute approximate surface area is 245 Å². The van der Waals surface area contributed by atoms with Crippen molar-refractivity contribution in [2.45, 2.75) is 78.7 Å². The van der Waals surface area contributed by atoms with Crippen molar-refractivity contribution in [3.05, 3.63) is 48.4 Å². The van der Waals surface area contributed by atoms with E-state index in [1.54, 1.807) is 40.9 Å². The number of nitrogens with zero attached hydrogens (tertiary/aromatic N) is 3. The van der Waals surface area contributed by atoms with Gasteiger partial charge < -0.3 is 34.1 Å². The topological polar surface area (TPSA) is 136 Å². The summed E-state index contributed by atoms with van der Waals surface area (Å²) in [5.41, 5.74) is 1.58. The quantitative estimate of drug-likeness (QED) is 0.344. The van der Waals surface area contributed by atoms with E-state index in [2.05, 4.69) is 17.1 Å². The number of methoxy groups -OCH3 is 1. The Morgan fingerprint density at radius 2 is 1.90 bits per heavy atom. The van der Waals surface area contributed by atoms with Crippen LogP contribution in [0, 0.1) is 12.3 Å². The Bertz CT molecular complexity index is 1480. The third-order valence-electron chi connectivity index (χ3n) is 6.92. The van der Waals surface area contributed by atoms with Gasteiger partial charge in [-0.2, -0.15) is 0 Å². The number of aliphatic hydroxyl groups is 1. The Hall–Kier alpha value is -4.28. The van der Waals surface area contributed by atoms with Gasteiger partial charge in [0.05, 0.1) is 25.4 Å². The van der Waals surface area contributed by atoms with E-state index in [1.807, 2.05) is 45.0 Å². The number of amides is 2. The van der Waals surface area contributed by atoms with E-state index < -0.39 is 35.3 Å². The number of aromatic nitrogens is 2. The minimum absolute atomic E-state index is 0.136. The molecule has 11 heteroatoms. The number of likely N-dealkylation sites (tertiary alicyclic amines) is 1. The summed E-state index contributed by atoms with van der Waals surface area (Å²) in [7, 11) is 1.60. The van der Waals surface area contributed by atoms with Crippen molar-refractivity contribution in [2.75, 3.05) is 13.7 Å². The standard InChI is InChI=1S/C31H40N4O7/c1-17-25-26(42-34-17)24(15-22(32-25)19-11-10-12-20(13-19)39-9)40-21-14-23(18(2)36)35(16-21)28(37)27(30(3,4)5)33-29(38)41-31(6,7)8/h10-13,15,21,23,27,36H,2,14,16H2,1,3-9H3,(H,33,38)/t21-,23+,27-/m1/s1. The molecular formula is C31H40N4O7. The van der Waals surface area contributed by atoms with Crippen LogP contribution in [-0.2, 0) is 9.53 Å². The monoisotopic (exact) mass is 580 g/mol. The minimum Gasteiger partial charge on any atom is -0.511 e. The SMILES string of the molecule is C=C(O)[C@@H]1C[C@@H](Oc2cc(-c3cccc(OC)c3)nc3c(C)noc23)CN1C(=O)[C@@H](NC(=O)OC(C)(C)C)C(C)(C)C. The third kappa shape index (κ3) is 6.78. The molecule has 0 bridgehead atoms. The molecule has 1 saturated heterocycles. The molecule has 1 fully saturated rings. The first-order chi connectivity index (χ1) is 19.6. The molecule has 1 aliphatic heterocycles. The van der Waals surface area contributed by atoms with E-state index >= 15 is 0 Å². The van der Waals surface area contributed by atoms with Crippen molar-refractivity contribution in [1.29, 1.82) is 0 Å². The van der Waals surface area contributed by atoms with Crippen LogP contribution in [0.15, 0.2) is 47.2 Å². The predicted molar refractivity (Wildman–Crippen MR) is 157 cm³/mol. The fraction of sp³-hybridized carbons (Fsp3) is 0.484. The van der Waals surface area contributed by atoms with Crippen molar-refractivity contribution in [3.63, 3.8) is 0 Å². The van der Waals surface area contributed by atoms with Crippen LogP contribution in [0.2, 0.25) is 0 Å². The summed E-state index contributed by atoms with van der Waals surface area (Å²) in [6, 6.07) is 7.60. The summed E-state index contributed by atoms with van der Waals surface area (Å²) in [5, 5.41) is 17.3. The van der Waals surface area contributed by atoms with Gasteiger partial charge in [-0.25, -0.2) is 9.78 Å². The van der Waals surface area contributed by atoms with Gasteiger partial charge in [-0.3, -0.25) is 4.79 Å². The Morgan fingerprint density at radius 3 is 2.52 bits per heavy atom. The van der Waals surface area contributed by atoms with Gasteiger partial charge in [-0.15, -0.1) is 0 Å². The zero-order chi connectivity index (χ0) is 31.0. The number of hydrogen-bond donors (Lipinski definition) is 2. The number of aliphatic hydroxyl groups excluding tert-OH is 1. The number of alkyl carbamates (subject to hydrolysis) is 1. The van der Waals surface area contributed by atoms with Gasteiger partial charge in [-0.1, -0.05) is 44.6 Å². The molecule has 1 aliphatic rings. The lowest BCUT2D eigenvalue weighted by molar-refractivity contribution is -0.137. The number of rotatable bonds is 7. The van der Waals surface area contributed by atoms with Crippen LogP contribution in [0.3, 0.4) is 0 Å². The fourth-order valence-electron chi connectivity index (χ4n) is 4.88. The largest absolute Gasteiger partial charge is 0.511 e. The van der Waals surface area contributed by atoms with Gasteiger partial charge in [0.25, 0.3) is 0 Å². The molecular weight excluding hydrogens is 540 g/mol. The zero-order valence-electron chi connectivity index (χ0n) is 25.5. The third-order valence-corrected chi connectivity index (χ3v) is 6.92. The van der Waals surface area contributed by atoms with Crippen LogP contribution >= 0.6 is 0 Å². The number of aryl methyl sites for hydroxylation is 1. The van der Waals surface area contributed by atoms with E-state index in [9.17, 15) is 14.7 Å². The van der Waals surface area contributed by atoms with E-state index in [-0.39, 0.29) is 24.6 Å². The zero-order valence-corrected chi connectivity index (χ0v) is 25.5. The summed E-state index contributed by atoms with van der Waals surface area (Å²) < 4.78 is 22.8. The molecule has 0 unspecified atom stereocenters. The van der Waals surface area contributed by atoms with E-state index in [1.165, 1.54) is 4.90 Å². The van der Waals surface area contributed by atoms with Gasteiger partial charge >= 0.3 is 6.09 Å². The Balaban J connectivity index is 1.63. The van der Waals surface area contributed by atoms with Crippen LogP contribution in [0.5, 0.6) is 11.5 Å². The Morgan fingerprint density at radius 1 is 1.19 bits per heavy atom. The van der Waals surface area contributed by atoms with Crippen molar-refractivity contribution in [3.8, 4) is 22.8 Å². The molecule has 3 heterocycles. The lowest BCUT2D eigenvalue weighted by atomic mass is 9.85. The van der Waals surface area contributed by atoms with Crippen molar-refractivity contribution < 1.29 is 33.4 Å². The smallest absolute Gasteiger partial charge is 0.408 e. The molecule has 3 atom stereocenters. The summed E-state index contributed by atoms with van der Waals surface area (Å²) in [5.74, 6) is 0.528. The average molecular weight is 581 g/mol. The molecule has 11 nitrogen and oxygen atoms in total. The summed E-state index contributed by atoms with van der Waals surface area (Å²) >= 11 is 0. The number of hydrogen-bond acceptors (Lipinski definition) is 9. The first-order valence-electron chi connectivity index (χ1n) is 13.8. The summed E-state index contributed by atoms with van der Waals surface area (Å²) in [6.07, 6.45) is -0.957. The van der Waals surface area contributed by atoms with Crippen molar-refractivity contribution >= 4 is 23.1 Å². The molecule has 0 spiro atoms. The van der Waals surface area contributed by atoms with Crippen LogP contribution in [0.1, 0.15) is 53.7 Å². The van der Waals surface area contributed by atoms with Gasteiger partial charge in [0.1, 0.15) is 40.5 Å². The van der Waals surface area contributed by atoms with Crippen LogP contribution in [-0.4, -0.2) is 69.6 Å². The van der Waals surface area contributed by atoms with Crippen molar-refractivity contribution in [2.24, 2.45) is 5.41 Å². The fourth-order valence-corrected chi connectivity index (χ4v) is 4.88. The average Bonchev–Trinajstić information content (AvgIpc) is 3.49. The second kappa shape index (κ2) is 11.5. The Kier molecular flexibility index (Phi) is 8.43. The highest BCUT2D eigenvalue weighted by atomic mass is 16.6. The van der Waals surface area contributed by atoms with Crippen molar-refractivity contribution in [1.82, 2.24) is 20.4 Å². The second-order valence-electron chi connectivity index (χ2n) is 12.6. The van der Waals surface area contributed by atoms with Crippen LogP contribution in [0.4, 0.5) is 4.79 Å². The first-order valence-corrected chi connectivity index (χ1v) is 13.8. The molecule has 4 rings (SSSR count). The summed E-state index contributed by atoms with van der Waals surface area (Å²) in [4.78, 5) is 32.8. The van der Waals surface area contributed by atoms with Gasteiger partial charge in [0, 0.05) is 18.1 Å². The number of carbonyl (C=O) groups excluding carboxylic acids is 2. The molecule has 2 aromatic heterocycles. The maximum atomic E-state index is 13.9. The highest BCUT2D eigenvalue weighted by Crippen LogP contribution is 2.36. The molecule has 1 aromatic carbocycles. The first kappa shape index (κ1) is 30.7. The number of benzene rings is 1. The number of carbonyl (C=O) groups is 2. The lowest BCUT2D eigenvalue weighted by Gasteiger charge is -2.35. The molecule has 0 radical (unpaired) electrons. The normalized spacial score (nSPS) is 18.0. The molecule has 3 aromatic rings. The molecule has 0 saturated carbocycles. The van der Waals surface area contributed by atoms with E-state index in [0.29, 0.717) is 34.0 Å². The van der Waals surface area contributed by atoms with Gasteiger partial charge in [-0.05, 0) is 45.2 Å². The minimum atomic E-state index is -0.933. The highest BCUT2D eigenvalue weighted by Gasteiger charge is 2.44. The number of nitrogens with one attached hydrogen (secondary N) is 1. The van der Waals surface area contributed by atoms with Crippen LogP contribution in [0.25, 0.3) is 22.4 Å². The van der Waals surface area contributed by atoms with E-state index in [4.69, 9.17) is 23.7 Å². The van der Waals surface area contributed by atoms with Crippen LogP contribution < -0.4 is 14.8 Å². The van der Waals surface area contributed by atoms with Gasteiger partial charge in [0.2, 0.25) is 11.5 Å². The molecule has 0 aliphatic carbocycles. The lowest BCUT2D eigenvalue weighted by Crippen LogP contribution is -2.56. The number of pyridine rings is 1. The maximum Gasteiger partial charge on any atom is 0.408 e.